The number of aliphatic carboxylic acids is 1. The van der Waals surface area contributed by atoms with Gasteiger partial charge in [-0.1, -0.05) is 48.5 Å². The van der Waals surface area contributed by atoms with Crippen molar-refractivity contribution in [3.05, 3.63) is 0 Å². The van der Waals surface area contributed by atoms with E-state index in [0.717, 1.165) is 19.3 Å². The molecule has 0 spiro atoms. The summed E-state index contributed by atoms with van der Waals surface area (Å²) in [5.74, 6) is -0.790. The lowest BCUT2D eigenvalue weighted by atomic mass is 9.29. The summed E-state index contributed by atoms with van der Waals surface area (Å²) in [7, 11) is 0. The second kappa shape index (κ2) is 7.70. The lowest BCUT2D eigenvalue weighted by Crippen LogP contribution is -2.79. The summed E-state index contributed by atoms with van der Waals surface area (Å²) < 4.78 is 0. The van der Waals surface area contributed by atoms with Crippen molar-refractivity contribution in [3.8, 4) is 0 Å². The van der Waals surface area contributed by atoms with E-state index in [9.17, 15) is 30.3 Å². The molecule has 5 fully saturated rings. The van der Waals surface area contributed by atoms with Gasteiger partial charge in [0.15, 0.2) is 0 Å². The van der Waals surface area contributed by atoms with E-state index in [-0.39, 0.29) is 34.5 Å². The molecule has 0 bridgehead atoms. The molecular formula is C30H50O6. The molecule has 5 N–H and O–H groups in total. The molecule has 0 saturated heterocycles. The second-order valence-electron chi connectivity index (χ2n) is 15.3. The minimum atomic E-state index is -1.49. The van der Waals surface area contributed by atoms with Crippen LogP contribution in [0.15, 0.2) is 0 Å². The monoisotopic (exact) mass is 506 g/mol. The topological polar surface area (TPSA) is 118 Å². The third-order valence-electron chi connectivity index (χ3n) is 14.1. The van der Waals surface area contributed by atoms with E-state index in [2.05, 4.69) is 48.5 Å². The van der Waals surface area contributed by atoms with E-state index >= 15 is 0 Å². The third-order valence-corrected chi connectivity index (χ3v) is 14.1. The first-order chi connectivity index (χ1) is 16.4. The maximum absolute atomic E-state index is 12.9. The number of carbonyl (C=O) groups is 1. The molecule has 6 nitrogen and oxygen atoms in total. The molecule has 5 aliphatic rings. The second-order valence-corrected chi connectivity index (χ2v) is 15.3. The highest BCUT2D eigenvalue weighted by molar-refractivity contribution is 5.76. The van der Waals surface area contributed by atoms with E-state index in [4.69, 9.17) is 0 Å². The maximum Gasteiger partial charge on any atom is 0.310 e. The van der Waals surface area contributed by atoms with Crippen LogP contribution in [0.5, 0.6) is 0 Å². The molecule has 13 unspecified atom stereocenters. The summed E-state index contributed by atoms with van der Waals surface area (Å²) in [5.41, 5.74) is -4.22. The van der Waals surface area contributed by atoms with E-state index in [1.807, 2.05) is 0 Å². The van der Waals surface area contributed by atoms with Crippen LogP contribution in [0.1, 0.15) is 99.8 Å². The average Bonchev–Trinajstić information content (AvgIpc) is 2.78. The van der Waals surface area contributed by atoms with Crippen LogP contribution in [-0.4, -0.2) is 55.4 Å². The highest BCUT2D eigenvalue weighted by Gasteiger charge is 2.79. The fourth-order valence-corrected chi connectivity index (χ4v) is 11.8. The quantitative estimate of drug-likeness (QED) is 0.363. The van der Waals surface area contributed by atoms with Gasteiger partial charge in [-0.05, 0) is 91.3 Å². The highest BCUT2D eigenvalue weighted by Crippen LogP contribution is 2.78. The molecule has 6 heteroatoms. The van der Waals surface area contributed by atoms with E-state index in [1.165, 1.54) is 0 Å². The zero-order valence-corrected chi connectivity index (χ0v) is 23.4. The van der Waals surface area contributed by atoms with Gasteiger partial charge < -0.3 is 25.5 Å². The van der Waals surface area contributed by atoms with Crippen LogP contribution in [0, 0.1) is 56.7 Å². The van der Waals surface area contributed by atoms with Crippen molar-refractivity contribution in [1.29, 1.82) is 0 Å². The molecule has 206 valence electrons. The number of hydrogen-bond acceptors (Lipinski definition) is 5. The fourth-order valence-electron chi connectivity index (χ4n) is 11.8. The SMILES string of the molecule is CC1CCC2(C(=O)O)CCC3(C)C4(C)CCC5C(C)(C)C(O)C(O)CC5(C)C4CC(O)C3(O)C2C1C. The Morgan fingerprint density at radius 1 is 0.861 bits per heavy atom. The largest absolute Gasteiger partial charge is 0.481 e. The van der Waals surface area contributed by atoms with Crippen molar-refractivity contribution in [1.82, 2.24) is 0 Å². The molecule has 0 aromatic rings. The summed E-state index contributed by atoms with van der Waals surface area (Å²) in [5, 5.41) is 57.4. The summed E-state index contributed by atoms with van der Waals surface area (Å²) in [6.07, 6.45) is 2.52. The Labute approximate surface area is 216 Å². The zero-order valence-electron chi connectivity index (χ0n) is 23.4. The molecule has 5 aliphatic carbocycles. The van der Waals surface area contributed by atoms with Crippen LogP contribution in [0.3, 0.4) is 0 Å². The van der Waals surface area contributed by atoms with Gasteiger partial charge in [-0.2, -0.15) is 0 Å². The molecule has 13 atom stereocenters. The molecule has 0 amide bonds. The molecule has 0 radical (unpaired) electrons. The first-order valence-corrected chi connectivity index (χ1v) is 14.4. The van der Waals surface area contributed by atoms with Gasteiger partial charge in [-0.3, -0.25) is 4.79 Å². The van der Waals surface area contributed by atoms with Gasteiger partial charge in [-0.25, -0.2) is 0 Å². The number of carboxylic acids is 1. The smallest absolute Gasteiger partial charge is 0.310 e. The molecule has 0 aromatic heterocycles. The van der Waals surface area contributed by atoms with Crippen molar-refractivity contribution in [2.75, 3.05) is 0 Å². The number of carboxylic acid groups (broad SMARTS) is 1. The summed E-state index contributed by atoms with van der Waals surface area (Å²) in [4.78, 5) is 12.9. The van der Waals surface area contributed by atoms with Crippen LogP contribution in [-0.2, 0) is 4.79 Å². The minimum Gasteiger partial charge on any atom is -0.481 e. The van der Waals surface area contributed by atoms with Crippen molar-refractivity contribution in [2.45, 2.75) is 124 Å². The Balaban J connectivity index is 1.66. The number of aliphatic hydroxyl groups excluding tert-OH is 3. The predicted molar refractivity (Wildman–Crippen MR) is 137 cm³/mol. The Kier molecular flexibility index (Phi) is 5.75. The van der Waals surface area contributed by atoms with Crippen LogP contribution in [0.2, 0.25) is 0 Å². The molecule has 0 heterocycles. The van der Waals surface area contributed by atoms with Gasteiger partial charge in [0.05, 0.1) is 23.7 Å². The van der Waals surface area contributed by atoms with Gasteiger partial charge in [-0.15, -0.1) is 0 Å². The Morgan fingerprint density at radius 2 is 1.50 bits per heavy atom. The van der Waals surface area contributed by atoms with Gasteiger partial charge >= 0.3 is 5.97 Å². The highest BCUT2D eigenvalue weighted by atomic mass is 16.4. The molecular weight excluding hydrogens is 456 g/mol. The third kappa shape index (κ3) is 2.81. The summed E-state index contributed by atoms with van der Waals surface area (Å²) in [6, 6.07) is 0. The van der Waals surface area contributed by atoms with Gasteiger partial charge in [0.2, 0.25) is 0 Å². The van der Waals surface area contributed by atoms with Crippen molar-refractivity contribution < 1.29 is 30.3 Å². The summed E-state index contributed by atoms with van der Waals surface area (Å²) in [6.45, 7) is 15.1. The summed E-state index contributed by atoms with van der Waals surface area (Å²) >= 11 is 0. The maximum atomic E-state index is 12.9. The van der Waals surface area contributed by atoms with Crippen LogP contribution >= 0.6 is 0 Å². The lowest BCUT2D eigenvalue weighted by Gasteiger charge is -2.76. The Morgan fingerprint density at radius 3 is 2.11 bits per heavy atom. The Bertz CT molecular complexity index is 934. The number of hydrogen-bond donors (Lipinski definition) is 5. The predicted octanol–water partition coefficient (Wildman–Crippen LogP) is 4.23. The lowest BCUT2D eigenvalue weighted by molar-refractivity contribution is -0.350. The Hall–Kier alpha value is -0.690. The zero-order chi connectivity index (χ0) is 26.9. The van der Waals surface area contributed by atoms with E-state index < -0.39 is 52.0 Å². The van der Waals surface area contributed by atoms with Crippen LogP contribution < -0.4 is 0 Å². The van der Waals surface area contributed by atoms with E-state index in [1.54, 1.807) is 0 Å². The minimum absolute atomic E-state index is 0.00761. The molecule has 5 saturated carbocycles. The number of rotatable bonds is 1. The standard InChI is InChI=1S/C30H50O6/c1-16-8-11-29(24(34)35)13-12-28(7)27(6)10-9-19-25(3,4)23(33)18(31)15-26(19,5)20(27)14-21(32)30(28,36)22(29)17(16)2/h16-23,31-33,36H,8-15H2,1-7H3,(H,34,35). The van der Waals surface area contributed by atoms with E-state index in [0.29, 0.717) is 32.1 Å². The van der Waals surface area contributed by atoms with Crippen molar-refractivity contribution >= 4 is 5.97 Å². The van der Waals surface area contributed by atoms with Crippen LogP contribution in [0.25, 0.3) is 0 Å². The first kappa shape index (κ1) is 26.9. The van der Waals surface area contributed by atoms with Gasteiger partial charge in [0.25, 0.3) is 0 Å². The van der Waals surface area contributed by atoms with Crippen LogP contribution in [0.4, 0.5) is 0 Å². The molecule has 0 aromatic carbocycles. The normalized spacial score (nSPS) is 60.2. The molecule has 0 aliphatic heterocycles. The van der Waals surface area contributed by atoms with Crippen molar-refractivity contribution in [3.63, 3.8) is 0 Å². The van der Waals surface area contributed by atoms with Crippen molar-refractivity contribution in [2.24, 2.45) is 56.7 Å². The molecule has 36 heavy (non-hydrogen) atoms. The van der Waals surface area contributed by atoms with Gasteiger partial charge in [0.1, 0.15) is 5.60 Å². The average molecular weight is 507 g/mol. The first-order valence-electron chi connectivity index (χ1n) is 14.4. The van der Waals surface area contributed by atoms with Gasteiger partial charge in [0, 0.05) is 11.3 Å². The molecule has 5 rings (SSSR count). The number of fused-ring (bicyclic) bond motifs is 7. The fraction of sp³-hybridized carbons (Fsp3) is 0.967. The number of aliphatic hydroxyl groups is 4.